The molecule has 8 nitrogen and oxygen atoms in total. The van der Waals surface area contributed by atoms with Crippen molar-refractivity contribution < 1.29 is 24.0 Å². The normalized spacial score (nSPS) is 14.2. The molecule has 1 fully saturated rings. The van der Waals surface area contributed by atoms with Gasteiger partial charge in [0.15, 0.2) is 11.5 Å². The smallest absolute Gasteiger partial charge is 0.293 e. The molecular formula is C30H23IN2O6S. The average Bonchev–Trinajstić information content (AvgIpc) is 3.20. The highest BCUT2D eigenvalue weighted by Gasteiger charge is 2.35. The number of nitro benzene ring substituents is 1. The largest absolute Gasteiger partial charge is 0.490 e. The number of rotatable bonds is 9. The van der Waals surface area contributed by atoms with Crippen LogP contribution in [0, 0.1) is 13.7 Å². The van der Waals surface area contributed by atoms with Crippen molar-refractivity contribution in [1.29, 1.82) is 0 Å². The highest BCUT2D eigenvalue weighted by molar-refractivity contribution is 14.1. The van der Waals surface area contributed by atoms with Gasteiger partial charge in [0.2, 0.25) is 0 Å². The number of carbonyl (C=O) groups is 2. The van der Waals surface area contributed by atoms with Crippen molar-refractivity contribution in [3.05, 3.63) is 114 Å². The summed E-state index contributed by atoms with van der Waals surface area (Å²) in [5.74, 6) is 0.689. The molecule has 0 radical (unpaired) electrons. The fourth-order valence-corrected chi connectivity index (χ4v) is 5.95. The molecule has 4 aromatic rings. The molecule has 0 spiro atoms. The lowest BCUT2D eigenvalue weighted by Gasteiger charge is -2.15. The lowest BCUT2D eigenvalue weighted by molar-refractivity contribution is -0.384. The number of carbonyl (C=O) groups excluding carboxylic acids is 2. The van der Waals surface area contributed by atoms with Gasteiger partial charge >= 0.3 is 0 Å². The van der Waals surface area contributed by atoms with Gasteiger partial charge in [-0.15, -0.1) is 0 Å². The predicted molar refractivity (Wildman–Crippen MR) is 163 cm³/mol. The summed E-state index contributed by atoms with van der Waals surface area (Å²) in [4.78, 5) is 38.2. The summed E-state index contributed by atoms with van der Waals surface area (Å²) in [6, 6.07) is 23.5. The van der Waals surface area contributed by atoms with Gasteiger partial charge in [-0.25, -0.2) is 0 Å². The van der Waals surface area contributed by atoms with Gasteiger partial charge in [0.1, 0.15) is 6.61 Å². The molecule has 40 heavy (non-hydrogen) atoms. The van der Waals surface area contributed by atoms with E-state index in [1.54, 1.807) is 24.3 Å². The molecule has 1 heterocycles. The zero-order valence-electron chi connectivity index (χ0n) is 21.3. The van der Waals surface area contributed by atoms with E-state index in [2.05, 4.69) is 22.6 Å². The first-order valence-corrected chi connectivity index (χ1v) is 14.3. The fourth-order valence-electron chi connectivity index (χ4n) is 4.33. The Hall–Kier alpha value is -3.90. The summed E-state index contributed by atoms with van der Waals surface area (Å²) in [7, 11) is 0. The summed E-state index contributed by atoms with van der Waals surface area (Å²) >= 11 is 3.06. The molecule has 0 N–H and O–H groups in total. The van der Waals surface area contributed by atoms with Crippen LogP contribution in [0.4, 0.5) is 10.5 Å². The van der Waals surface area contributed by atoms with Crippen LogP contribution in [0.1, 0.15) is 23.6 Å². The summed E-state index contributed by atoms with van der Waals surface area (Å²) in [6.45, 7) is 2.65. The van der Waals surface area contributed by atoms with Crippen LogP contribution in [0.25, 0.3) is 16.8 Å². The molecule has 0 bridgehead atoms. The monoisotopic (exact) mass is 666 g/mol. The van der Waals surface area contributed by atoms with Gasteiger partial charge in [0.05, 0.1) is 26.6 Å². The molecule has 10 heteroatoms. The molecule has 1 saturated heterocycles. The Balaban J connectivity index is 1.36. The van der Waals surface area contributed by atoms with Gasteiger partial charge in [-0.05, 0) is 99.1 Å². The molecule has 0 saturated carbocycles. The highest BCUT2D eigenvalue weighted by atomic mass is 127. The first-order valence-electron chi connectivity index (χ1n) is 12.4. The molecule has 4 aromatic carbocycles. The molecule has 2 amide bonds. The molecule has 1 aliphatic heterocycles. The van der Waals surface area contributed by atoms with Crippen LogP contribution in [0.3, 0.4) is 0 Å². The Kier molecular flexibility index (Phi) is 8.36. The first-order chi connectivity index (χ1) is 19.3. The average molecular weight is 666 g/mol. The number of ether oxygens (including phenoxy) is 2. The third-order valence-corrected chi connectivity index (χ3v) is 7.95. The topological polar surface area (TPSA) is 99.0 Å². The van der Waals surface area contributed by atoms with Crippen molar-refractivity contribution >= 4 is 68.0 Å². The lowest BCUT2D eigenvalue weighted by Crippen LogP contribution is -2.27. The van der Waals surface area contributed by atoms with Crippen molar-refractivity contribution in [1.82, 2.24) is 4.90 Å². The zero-order chi connectivity index (χ0) is 28.2. The molecule has 5 rings (SSSR count). The number of nitro groups is 1. The number of benzene rings is 4. The number of halogens is 1. The van der Waals surface area contributed by atoms with E-state index < -0.39 is 4.92 Å². The minimum Gasteiger partial charge on any atom is -0.490 e. The molecule has 0 aromatic heterocycles. The van der Waals surface area contributed by atoms with Crippen molar-refractivity contribution in [2.45, 2.75) is 20.1 Å². The number of hydrogen-bond acceptors (Lipinski definition) is 7. The van der Waals surface area contributed by atoms with E-state index in [1.165, 1.54) is 17.0 Å². The van der Waals surface area contributed by atoms with Gasteiger partial charge in [0, 0.05) is 12.1 Å². The molecule has 0 atom stereocenters. The second kappa shape index (κ2) is 12.1. The second-order valence-corrected chi connectivity index (χ2v) is 11.0. The second-order valence-electron chi connectivity index (χ2n) is 8.88. The van der Waals surface area contributed by atoms with Gasteiger partial charge in [-0.2, -0.15) is 0 Å². The number of fused-ring (bicyclic) bond motifs is 1. The third-order valence-electron chi connectivity index (χ3n) is 6.24. The summed E-state index contributed by atoms with van der Waals surface area (Å²) < 4.78 is 12.6. The van der Waals surface area contributed by atoms with Gasteiger partial charge in [0.25, 0.3) is 16.8 Å². The van der Waals surface area contributed by atoms with Gasteiger partial charge < -0.3 is 9.47 Å². The first kappa shape index (κ1) is 27.7. The predicted octanol–water partition coefficient (Wildman–Crippen LogP) is 7.57. The maximum absolute atomic E-state index is 13.3. The number of imide groups is 1. The minimum absolute atomic E-state index is 0.0132. The van der Waals surface area contributed by atoms with Crippen molar-refractivity contribution in [2.75, 3.05) is 6.61 Å². The Morgan fingerprint density at radius 3 is 2.50 bits per heavy atom. The maximum atomic E-state index is 13.3. The van der Waals surface area contributed by atoms with Crippen LogP contribution >= 0.6 is 34.4 Å². The number of hydrogen-bond donors (Lipinski definition) is 0. The van der Waals surface area contributed by atoms with Crippen LogP contribution in [0.15, 0.2) is 83.8 Å². The molecule has 0 unspecified atom stereocenters. The maximum Gasteiger partial charge on any atom is 0.293 e. The summed E-state index contributed by atoms with van der Waals surface area (Å²) in [5.41, 5.74) is 2.39. The standard InChI is InChI=1S/C30H23IN2O6S/c1-2-38-26-15-20(14-25(31)28(26)39-18-19-10-12-23(13-11-19)33(36)37)16-27-29(34)32(30(35)40-27)17-22-8-5-7-21-6-3-4-9-24(21)22/h3-16H,2,17-18H2,1H3/b27-16+. The lowest BCUT2D eigenvalue weighted by atomic mass is 10.0. The van der Waals surface area contributed by atoms with E-state index >= 15 is 0 Å². The summed E-state index contributed by atoms with van der Waals surface area (Å²) in [5, 5.41) is 12.6. The van der Waals surface area contributed by atoms with Gasteiger partial charge in [-0.1, -0.05) is 42.5 Å². The van der Waals surface area contributed by atoms with E-state index in [1.807, 2.05) is 55.5 Å². The SMILES string of the molecule is CCOc1cc(/C=C2/SC(=O)N(Cc3cccc4ccccc34)C2=O)cc(I)c1OCc1ccc([N+](=O)[O-])cc1. The molecule has 202 valence electrons. The van der Waals surface area contributed by atoms with E-state index in [9.17, 15) is 19.7 Å². The molecule has 1 aliphatic rings. The number of amides is 2. The van der Waals surface area contributed by atoms with Crippen molar-refractivity contribution in [3.8, 4) is 11.5 Å². The van der Waals surface area contributed by atoms with Crippen molar-refractivity contribution in [3.63, 3.8) is 0 Å². The van der Waals surface area contributed by atoms with E-state index in [0.29, 0.717) is 28.6 Å². The van der Waals surface area contributed by atoms with E-state index in [0.717, 1.165) is 37.2 Å². The van der Waals surface area contributed by atoms with Crippen LogP contribution in [-0.2, 0) is 17.9 Å². The van der Waals surface area contributed by atoms with Gasteiger partial charge in [-0.3, -0.25) is 24.6 Å². The number of thioether (sulfide) groups is 1. The van der Waals surface area contributed by atoms with Crippen LogP contribution in [0.5, 0.6) is 11.5 Å². The quantitative estimate of drug-likeness (QED) is 0.0787. The zero-order valence-corrected chi connectivity index (χ0v) is 24.3. The Labute approximate surface area is 248 Å². The number of nitrogens with zero attached hydrogens (tertiary/aromatic N) is 2. The third kappa shape index (κ3) is 5.97. The summed E-state index contributed by atoms with van der Waals surface area (Å²) in [6.07, 6.45) is 1.69. The van der Waals surface area contributed by atoms with E-state index in [4.69, 9.17) is 9.47 Å². The van der Waals surface area contributed by atoms with Crippen LogP contribution < -0.4 is 9.47 Å². The Bertz CT molecular complexity index is 1650. The minimum atomic E-state index is -0.447. The number of non-ortho nitro benzene ring substituents is 1. The van der Waals surface area contributed by atoms with Crippen LogP contribution in [-0.4, -0.2) is 27.6 Å². The van der Waals surface area contributed by atoms with E-state index in [-0.39, 0.29) is 30.0 Å². The Morgan fingerprint density at radius 1 is 1.00 bits per heavy atom. The van der Waals surface area contributed by atoms with Crippen LogP contribution in [0.2, 0.25) is 0 Å². The highest BCUT2D eigenvalue weighted by Crippen LogP contribution is 2.38. The Morgan fingerprint density at radius 2 is 1.75 bits per heavy atom. The van der Waals surface area contributed by atoms with Crippen molar-refractivity contribution in [2.24, 2.45) is 0 Å². The molecular weight excluding hydrogens is 643 g/mol. The molecule has 0 aliphatic carbocycles. The fraction of sp³-hybridized carbons (Fsp3) is 0.133.